The van der Waals surface area contributed by atoms with Crippen molar-refractivity contribution >= 4 is 50.5 Å². The second-order valence-corrected chi connectivity index (χ2v) is 8.55. The van der Waals surface area contributed by atoms with Gasteiger partial charge in [0.25, 0.3) is 5.91 Å². The van der Waals surface area contributed by atoms with Crippen LogP contribution >= 0.6 is 23.1 Å². The van der Waals surface area contributed by atoms with Crippen LogP contribution in [-0.4, -0.2) is 23.7 Å². The molecular formula is C19H15F6N3OS2. The number of nitrogens with one attached hydrogen (secondary N) is 2. The zero-order valence-electron chi connectivity index (χ0n) is 16.0. The molecule has 0 saturated carbocycles. The summed E-state index contributed by atoms with van der Waals surface area (Å²) in [5.74, 6) is -0.177. The maximum Gasteiger partial charge on any atom is 0.433 e. The summed E-state index contributed by atoms with van der Waals surface area (Å²) in [5.41, 5.74) is -2.01. The number of rotatable bonds is 5. The average Bonchev–Trinajstić information content (AvgIpc) is 3.05. The standard InChI is InChI=1S/C19H15F6N3OS2/c1-3-30-15-10-5-4-9(18(20,21)22)6-13(10)31-16(15)17(29)28-11-7-14(19(23,24)25)27-8-12(11)26-2/h4-8,26H,3H2,1-2H3,(H,27,28,29). The molecule has 12 heteroatoms. The van der Waals surface area contributed by atoms with Crippen molar-refractivity contribution in [2.45, 2.75) is 24.2 Å². The van der Waals surface area contributed by atoms with E-state index in [1.807, 2.05) is 6.92 Å². The van der Waals surface area contributed by atoms with Crippen molar-refractivity contribution in [2.24, 2.45) is 0 Å². The predicted molar refractivity (Wildman–Crippen MR) is 110 cm³/mol. The summed E-state index contributed by atoms with van der Waals surface area (Å²) in [6.07, 6.45) is -8.30. The SMILES string of the molecule is CCSc1c(C(=O)Nc2cc(C(F)(F)F)ncc2NC)sc2cc(C(F)(F)F)ccc12. The Hall–Kier alpha value is -2.47. The highest BCUT2D eigenvalue weighted by molar-refractivity contribution is 7.99. The zero-order valence-corrected chi connectivity index (χ0v) is 17.7. The summed E-state index contributed by atoms with van der Waals surface area (Å²) < 4.78 is 78.5. The smallest absolute Gasteiger partial charge is 0.385 e. The highest BCUT2D eigenvalue weighted by Gasteiger charge is 2.34. The first-order valence-corrected chi connectivity index (χ1v) is 10.6. The molecule has 0 aliphatic heterocycles. The molecule has 0 radical (unpaired) electrons. The number of hydrogen-bond donors (Lipinski definition) is 2. The topological polar surface area (TPSA) is 54.0 Å². The van der Waals surface area contributed by atoms with Crippen LogP contribution in [0.15, 0.2) is 35.4 Å². The lowest BCUT2D eigenvalue weighted by Gasteiger charge is -2.13. The number of halogens is 6. The molecule has 2 aromatic heterocycles. The normalized spacial score (nSPS) is 12.3. The molecule has 166 valence electrons. The van der Waals surface area contributed by atoms with E-state index >= 15 is 0 Å². The van der Waals surface area contributed by atoms with Crippen molar-refractivity contribution in [1.29, 1.82) is 0 Å². The van der Waals surface area contributed by atoms with Crippen LogP contribution in [0.4, 0.5) is 37.7 Å². The number of carbonyl (C=O) groups excluding carboxylic acids is 1. The Bertz CT molecular complexity index is 1120. The summed E-state index contributed by atoms with van der Waals surface area (Å²) in [6.45, 7) is 1.82. The molecule has 0 bridgehead atoms. The van der Waals surface area contributed by atoms with Gasteiger partial charge in [-0.05, 0) is 24.0 Å². The quantitative estimate of drug-likeness (QED) is 0.314. The van der Waals surface area contributed by atoms with E-state index in [9.17, 15) is 31.1 Å². The van der Waals surface area contributed by atoms with Gasteiger partial charge in [-0.3, -0.25) is 4.79 Å². The molecule has 0 fully saturated rings. The second-order valence-electron chi connectivity index (χ2n) is 6.22. The molecule has 0 unspecified atom stereocenters. The minimum absolute atomic E-state index is 0.119. The van der Waals surface area contributed by atoms with E-state index in [2.05, 4.69) is 15.6 Å². The van der Waals surface area contributed by atoms with Crippen molar-refractivity contribution in [3.8, 4) is 0 Å². The van der Waals surface area contributed by atoms with Crippen molar-refractivity contribution in [3.63, 3.8) is 0 Å². The van der Waals surface area contributed by atoms with Crippen LogP contribution in [0.5, 0.6) is 0 Å². The lowest BCUT2D eigenvalue weighted by atomic mass is 10.1. The number of hydrogen-bond acceptors (Lipinski definition) is 5. The largest absolute Gasteiger partial charge is 0.433 e. The van der Waals surface area contributed by atoms with Gasteiger partial charge in [-0.15, -0.1) is 23.1 Å². The van der Waals surface area contributed by atoms with E-state index < -0.39 is 29.5 Å². The van der Waals surface area contributed by atoms with Crippen LogP contribution in [0.2, 0.25) is 0 Å². The molecule has 3 aromatic rings. The molecule has 0 aliphatic rings. The Kier molecular flexibility index (Phi) is 6.42. The number of nitrogens with zero attached hydrogens (tertiary/aromatic N) is 1. The van der Waals surface area contributed by atoms with E-state index in [1.165, 1.54) is 24.9 Å². The molecule has 4 nitrogen and oxygen atoms in total. The third-order valence-electron chi connectivity index (χ3n) is 4.18. The van der Waals surface area contributed by atoms with E-state index in [1.54, 1.807) is 0 Å². The number of thiophene rings is 1. The molecule has 1 aromatic carbocycles. The van der Waals surface area contributed by atoms with Crippen molar-refractivity contribution < 1.29 is 31.1 Å². The lowest BCUT2D eigenvalue weighted by molar-refractivity contribution is -0.141. The molecule has 1 amide bonds. The Balaban J connectivity index is 2.05. The molecule has 0 saturated heterocycles. The number of alkyl halides is 6. The summed E-state index contributed by atoms with van der Waals surface area (Å²) >= 11 is 2.12. The fraction of sp³-hybridized carbons (Fsp3) is 0.263. The molecule has 3 rings (SSSR count). The van der Waals surface area contributed by atoms with Crippen molar-refractivity contribution in [2.75, 3.05) is 23.4 Å². The highest BCUT2D eigenvalue weighted by atomic mass is 32.2. The predicted octanol–water partition coefficient (Wildman–Crippen LogP) is 6.74. The van der Waals surface area contributed by atoms with E-state index in [4.69, 9.17) is 0 Å². The van der Waals surface area contributed by atoms with Gasteiger partial charge in [0.1, 0.15) is 10.6 Å². The Morgan fingerprint density at radius 1 is 1.10 bits per heavy atom. The molecule has 31 heavy (non-hydrogen) atoms. The maximum atomic E-state index is 13.1. The van der Waals surface area contributed by atoms with Crippen molar-refractivity contribution in [3.05, 3.63) is 46.6 Å². The molecular weight excluding hydrogens is 464 g/mol. The number of aromatic nitrogens is 1. The second kappa shape index (κ2) is 8.58. The first kappa shape index (κ1) is 23.2. The fourth-order valence-corrected chi connectivity index (χ4v) is 5.02. The number of amides is 1. The van der Waals surface area contributed by atoms with E-state index in [0.29, 0.717) is 22.1 Å². The third kappa shape index (κ3) is 4.90. The van der Waals surface area contributed by atoms with Crippen LogP contribution in [-0.2, 0) is 12.4 Å². The zero-order chi connectivity index (χ0) is 23.0. The van der Waals surface area contributed by atoms with Gasteiger partial charge in [0, 0.05) is 22.0 Å². The minimum atomic E-state index is -4.71. The molecule has 0 atom stereocenters. The van der Waals surface area contributed by atoms with Crippen molar-refractivity contribution in [1.82, 2.24) is 4.98 Å². The number of carbonyl (C=O) groups is 1. The fourth-order valence-electron chi connectivity index (χ4n) is 2.78. The average molecular weight is 479 g/mol. The monoisotopic (exact) mass is 479 g/mol. The summed E-state index contributed by atoms with van der Waals surface area (Å²) in [4.78, 5) is 16.8. The van der Waals surface area contributed by atoms with Gasteiger partial charge in [0.2, 0.25) is 0 Å². The van der Waals surface area contributed by atoms with Gasteiger partial charge in [-0.25, -0.2) is 4.98 Å². The summed E-state index contributed by atoms with van der Waals surface area (Å²) in [6, 6.07) is 3.90. The Labute approximate surface area is 181 Å². The van der Waals surface area contributed by atoms with Crippen LogP contribution in [0, 0.1) is 0 Å². The van der Waals surface area contributed by atoms with Gasteiger partial charge in [-0.2, -0.15) is 26.3 Å². The first-order valence-electron chi connectivity index (χ1n) is 8.78. The number of benzene rings is 1. The number of anilines is 2. The Morgan fingerprint density at radius 3 is 2.39 bits per heavy atom. The molecule has 0 spiro atoms. The number of thioether (sulfide) groups is 1. The Morgan fingerprint density at radius 2 is 1.81 bits per heavy atom. The third-order valence-corrected chi connectivity index (χ3v) is 6.46. The summed E-state index contributed by atoms with van der Waals surface area (Å²) in [7, 11) is 1.45. The van der Waals surface area contributed by atoms with Crippen LogP contribution in [0.3, 0.4) is 0 Å². The lowest BCUT2D eigenvalue weighted by Crippen LogP contribution is -2.15. The van der Waals surface area contributed by atoms with E-state index in [-0.39, 0.29) is 21.0 Å². The highest BCUT2D eigenvalue weighted by Crippen LogP contribution is 2.42. The van der Waals surface area contributed by atoms with Gasteiger partial charge >= 0.3 is 12.4 Å². The minimum Gasteiger partial charge on any atom is -0.385 e. The van der Waals surface area contributed by atoms with E-state index in [0.717, 1.165) is 29.7 Å². The number of fused-ring (bicyclic) bond motifs is 1. The van der Waals surface area contributed by atoms with Gasteiger partial charge in [0.05, 0.1) is 23.1 Å². The number of pyridine rings is 1. The van der Waals surface area contributed by atoms with Gasteiger partial charge < -0.3 is 10.6 Å². The van der Waals surface area contributed by atoms with Gasteiger partial charge in [0.15, 0.2) is 0 Å². The van der Waals surface area contributed by atoms with Crippen LogP contribution < -0.4 is 10.6 Å². The van der Waals surface area contributed by atoms with Gasteiger partial charge in [-0.1, -0.05) is 13.0 Å². The maximum absolute atomic E-state index is 13.1. The van der Waals surface area contributed by atoms with Crippen LogP contribution in [0.25, 0.3) is 10.1 Å². The summed E-state index contributed by atoms with van der Waals surface area (Å²) in [5, 5.41) is 5.56. The molecule has 2 heterocycles. The molecule has 2 N–H and O–H groups in total. The first-order chi connectivity index (χ1) is 14.5. The molecule has 0 aliphatic carbocycles. The van der Waals surface area contributed by atoms with Crippen LogP contribution in [0.1, 0.15) is 27.9 Å².